The topological polar surface area (TPSA) is 88.2 Å². The van der Waals surface area contributed by atoms with Gasteiger partial charge in [0.15, 0.2) is 0 Å². The number of ether oxygens (including phenoxy) is 2. The summed E-state index contributed by atoms with van der Waals surface area (Å²) in [5, 5.41) is 2.75. The van der Waals surface area contributed by atoms with E-state index in [4.69, 9.17) is 9.47 Å². The molecule has 2 aromatic carbocycles. The average molecular weight is 440 g/mol. The highest BCUT2D eigenvalue weighted by atomic mass is 16.5. The predicted molar refractivity (Wildman–Crippen MR) is 121 cm³/mol. The fraction of sp³-hybridized carbons (Fsp3) is 0.375. The van der Waals surface area contributed by atoms with Crippen LogP contribution < -0.4 is 5.32 Å². The molecule has 1 aliphatic rings. The van der Waals surface area contributed by atoms with Crippen molar-refractivity contribution in [3.8, 4) is 0 Å². The standard InChI is InChI=1S/C24H29N3O5/c1-17-6-4-5-7-19(17)15-26-10-12-27(13-11-26)16-22(28)25-21-14-18(23(29)31-2)8-9-20(21)24(30)32-3/h4-9,14H,10-13,15-16H2,1-3H3,(H,25,28). The van der Waals surface area contributed by atoms with Crippen LogP contribution in [0, 0.1) is 6.92 Å². The number of anilines is 1. The minimum absolute atomic E-state index is 0.177. The van der Waals surface area contributed by atoms with Crippen molar-refractivity contribution in [1.82, 2.24) is 9.80 Å². The zero-order valence-corrected chi connectivity index (χ0v) is 18.7. The highest BCUT2D eigenvalue weighted by Crippen LogP contribution is 2.20. The number of carbonyl (C=O) groups is 3. The van der Waals surface area contributed by atoms with Gasteiger partial charge in [-0.05, 0) is 36.2 Å². The number of benzene rings is 2. The molecule has 1 amide bonds. The van der Waals surface area contributed by atoms with Crippen molar-refractivity contribution in [3.05, 3.63) is 64.7 Å². The molecule has 1 saturated heterocycles. The van der Waals surface area contributed by atoms with Gasteiger partial charge in [-0.1, -0.05) is 24.3 Å². The van der Waals surface area contributed by atoms with Gasteiger partial charge >= 0.3 is 11.9 Å². The predicted octanol–water partition coefficient (Wildman–Crippen LogP) is 2.32. The van der Waals surface area contributed by atoms with E-state index in [9.17, 15) is 14.4 Å². The number of hydrogen-bond acceptors (Lipinski definition) is 7. The minimum Gasteiger partial charge on any atom is -0.465 e. The Hall–Kier alpha value is -3.23. The largest absolute Gasteiger partial charge is 0.465 e. The monoisotopic (exact) mass is 439 g/mol. The number of hydrogen-bond donors (Lipinski definition) is 1. The molecule has 8 nitrogen and oxygen atoms in total. The maximum atomic E-state index is 12.7. The third kappa shape index (κ3) is 5.93. The first-order valence-corrected chi connectivity index (χ1v) is 10.5. The van der Waals surface area contributed by atoms with Crippen molar-refractivity contribution in [1.29, 1.82) is 0 Å². The summed E-state index contributed by atoms with van der Waals surface area (Å²) < 4.78 is 9.51. The van der Waals surface area contributed by atoms with Crippen molar-refractivity contribution >= 4 is 23.5 Å². The second kappa shape index (κ2) is 10.9. The number of piperazine rings is 1. The van der Waals surface area contributed by atoms with E-state index in [1.54, 1.807) is 0 Å². The lowest BCUT2D eigenvalue weighted by Gasteiger charge is -2.34. The summed E-state index contributed by atoms with van der Waals surface area (Å²) in [6.07, 6.45) is 0. The number of nitrogens with zero attached hydrogens (tertiary/aromatic N) is 2. The summed E-state index contributed by atoms with van der Waals surface area (Å²) in [5.74, 6) is -1.41. The van der Waals surface area contributed by atoms with E-state index in [2.05, 4.69) is 40.2 Å². The summed E-state index contributed by atoms with van der Waals surface area (Å²) in [6, 6.07) is 12.7. The molecule has 170 valence electrons. The summed E-state index contributed by atoms with van der Waals surface area (Å²) in [5.41, 5.74) is 3.24. The van der Waals surface area contributed by atoms with Gasteiger partial charge in [0.2, 0.25) is 5.91 Å². The minimum atomic E-state index is -0.596. The first-order valence-electron chi connectivity index (χ1n) is 10.5. The normalized spacial score (nSPS) is 14.6. The number of nitrogens with one attached hydrogen (secondary N) is 1. The third-order valence-electron chi connectivity index (χ3n) is 5.61. The van der Waals surface area contributed by atoms with E-state index >= 15 is 0 Å². The average Bonchev–Trinajstić information content (AvgIpc) is 2.80. The molecular weight excluding hydrogens is 410 g/mol. The second-order valence-corrected chi connectivity index (χ2v) is 7.77. The number of esters is 2. The zero-order valence-electron chi connectivity index (χ0n) is 18.7. The number of methoxy groups -OCH3 is 2. The Morgan fingerprint density at radius 2 is 1.56 bits per heavy atom. The lowest BCUT2D eigenvalue weighted by Crippen LogP contribution is -2.48. The molecular formula is C24H29N3O5. The molecule has 0 spiro atoms. The maximum absolute atomic E-state index is 12.7. The van der Waals surface area contributed by atoms with Gasteiger partial charge in [0.1, 0.15) is 0 Å². The lowest BCUT2D eigenvalue weighted by atomic mass is 10.1. The van der Waals surface area contributed by atoms with Crippen LogP contribution in [0.25, 0.3) is 0 Å². The van der Waals surface area contributed by atoms with Crippen LogP contribution in [0.15, 0.2) is 42.5 Å². The molecule has 0 radical (unpaired) electrons. The van der Waals surface area contributed by atoms with Gasteiger partial charge in [0, 0.05) is 32.7 Å². The van der Waals surface area contributed by atoms with Gasteiger partial charge in [0.25, 0.3) is 0 Å². The molecule has 1 heterocycles. The van der Waals surface area contributed by atoms with E-state index < -0.39 is 11.9 Å². The van der Waals surface area contributed by atoms with Crippen LogP contribution in [0.5, 0.6) is 0 Å². The van der Waals surface area contributed by atoms with Crippen LogP contribution in [0.3, 0.4) is 0 Å². The van der Waals surface area contributed by atoms with E-state index in [1.165, 1.54) is 43.5 Å². The zero-order chi connectivity index (χ0) is 23.1. The third-order valence-corrected chi connectivity index (χ3v) is 5.61. The van der Waals surface area contributed by atoms with Crippen molar-refractivity contribution in [3.63, 3.8) is 0 Å². The number of amides is 1. The lowest BCUT2D eigenvalue weighted by molar-refractivity contribution is -0.117. The van der Waals surface area contributed by atoms with Crippen LogP contribution in [0.2, 0.25) is 0 Å². The van der Waals surface area contributed by atoms with Crippen LogP contribution in [0.4, 0.5) is 5.69 Å². The number of carbonyl (C=O) groups excluding carboxylic acids is 3. The van der Waals surface area contributed by atoms with Crippen molar-refractivity contribution in [2.24, 2.45) is 0 Å². The van der Waals surface area contributed by atoms with E-state index in [0.29, 0.717) is 0 Å². The van der Waals surface area contributed by atoms with Gasteiger partial charge in [0.05, 0.1) is 37.6 Å². The Kier molecular flexibility index (Phi) is 7.97. The van der Waals surface area contributed by atoms with E-state index in [1.807, 2.05) is 6.07 Å². The van der Waals surface area contributed by atoms with Crippen molar-refractivity contribution < 1.29 is 23.9 Å². The molecule has 8 heteroatoms. The molecule has 0 aliphatic carbocycles. The van der Waals surface area contributed by atoms with Crippen molar-refractivity contribution in [2.75, 3.05) is 52.3 Å². The van der Waals surface area contributed by atoms with E-state index in [0.717, 1.165) is 32.7 Å². The van der Waals surface area contributed by atoms with Gasteiger partial charge in [-0.3, -0.25) is 14.6 Å². The molecule has 2 aromatic rings. The first-order chi connectivity index (χ1) is 15.4. The Morgan fingerprint density at radius 3 is 2.22 bits per heavy atom. The van der Waals surface area contributed by atoms with E-state index in [-0.39, 0.29) is 29.3 Å². The van der Waals surface area contributed by atoms with Crippen molar-refractivity contribution in [2.45, 2.75) is 13.5 Å². The molecule has 0 saturated carbocycles. The van der Waals surface area contributed by atoms with Crippen LogP contribution in [-0.4, -0.2) is 74.6 Å². The Morgan fingerprint density at radius 1 is 0.906 bits per heavy atom. The van der Waals surface area contributed by atoms with Gasteiger partial charge in [-0.2, -0.15) is 0 Å². The summed E-state index contributed by atoms with van der Waals surface area (Å²) in [7, 11) is 2.53. The Labute approximate surface area is 188 Å². The molecule has 1 fully saturated rings. The molecule has 0 atom stereocenters. The first kappa shape index (κ1) is 23.4. The maximum Gasteiger partial charge on any atom is 0.339 e. The quantitative estimate of drug-likeness (QED) is 0.663. The number of aryl methyl sites for hydroxylation is 1. The molecule has 0 unspecified atom stereocenters. The SMILES string of the molecule is COC(=O)c1ccc(C(=O)OC)c(NC(=O)CN2CCN(Cc3ccccc3C)CC2)c1. The fourth-order valence-corrected chi connectivity index (χ4v) is 3.71. The van der Waals surface area contributed by atoms with Gasteiger partial charge in [-0.25, -0.2) is 9.59 Å². The highest BCUT2D eigenvalue weighted by molar-refractivity contribution is 6.03. The molecule has 32 heavy (non-hydrogen) atoms. The fourth-order valence-electron chi connectivity index (χ4n) is 3.71. The molecule has 1 aliphatic heterocycles. The Bertz CT molecular complexity index is 983. The Balaban J connectivity index is 1.58. The second-order valence-electron chi connectivity index (χ2n) is 7.77. The molecule has 0 aromatic heterocycles. The molecule has 0 bridgehead atoms. The number of rotatable bonds is 7. The van der Waals surface area contributed by atoms with Crippen LogP contribution >= 0.6 is 0 Å². The van der Waals surface area contributed by atoms with Gasteiger partial charge < -0.3 is 14.8 Å². The highest BCUT2D eigenvalue weighted by Gasteiger charge is 2.21. The summed E-state index contributed by atoms with van der Waals surface area (Å²) in [6.45, 7) is 6.49. The summed E-state index contributed by atoms with van der Waals surface area (Å²) in [4.78, 5) is 41.0. The molecule has 1 N–H and O–H groups in total. The van der Waals surface area contributed by atoms with Crippen LogP contribution in [0.1, 0.15) is 31.8 Å². The smallest absolute Gasteiger partial charge is 0.339 e. The van der Waals surface area contributed by atoms with Crippen LogP contribution in [-0.2, 0) is 20.8 Å². The summed E-state index contributed by atoms with van der Waals surface area (Å²) >= 11 is 0. The molecule has 3 rings (SSSR count). The van der Waals surface area contributed by atoms with Gasteiger partial charge in [-0.15, -0.1) is 0 Å².